The summed E-state index contributed by atoms with van der Waals surface area (Å²) in [6.45, 7) is 5.38. The van der Waals surface area contributed by atoms with Crippen molar-refractivity contribution in [1.29, 1.82) is 0 Å². The van der Waals surface area contributed by atoms with Gasteiger partial charge in [0, 0.05) is 40.2 Å². The van der Waals surface area contributed by atoms with E-state index >= 15 is 0 Å². The summed E-state index contributed by atoms with van der Waals surface area (Å²) in [4.78, 5) is 57.2. The zero-order valence-electron chi connectivity index (χ0n) is 15.7. The zero-order chi connectivity index (χ0) is 20.7. The van der Waals surface area contributed by atoms with E-state index in [2.05, 4.69) is 0 Å². The van der Waals surface area contributed by atoms with E-state index in [9.17, 15) is 24.0 Å². The smallest absolute Gasteiger partial charge is 0.303 e. The van der Waals surface area contributed by atoms with E-state index in [-0.39, 0.29) is 12.2 Å². The molecule has 0 aromatic heterocycles. The highest BCUT2D eigenvalue weighted by Crippen LogP contribution is 2.30. The molecule has 1 rings (SSSR count). The Balaban J connectivity index is 3.40. The van der Waals surface area contributed by atoms with Crippen LogP contribution in [0.4, 0.5) is 0 Å². The maximum Gasteiger partial charge on any atom is 0.303 e. The standard InChI is InChI=1S/C17H22O10/c1-8(18)23-7-13-6-14(24-9(2)19)16(26-11(4)21)17(27-12(5)22)15(13)25-10(3)20/h6,14-17H,7H2,1-5H3/t14-,15-,16+,17+/m1/s1. The highest BCUT2D eigenvalue weighted by molar-refractivity contribution is 5.70. The van der Waals surface area contributed by atoms with Crippen LogP contribution in [0.2, 0.25) is 0 Å². The van der Waals surface area contributed by atoms with Crippen LogP contribution in [-0.4, -0.2) is 60.9 Å². The number of hydrogen-bond donors (Lipinski definition) is 0. The first-order valence-electron chi connectivity index (χ1n) is 8.04. The molecule has 4 atom stereocenters. The molecule has 0 bridgehead atoms. The lowest BCUT2D eigenvalue weighted by Gasteiger charge is -2.39. The van der Waals surface area contributed by atoms with Crippen molar-refractivity contribution < 1.29 is 47.7 Å². The molecule has 0 spiro atoms. The van der Waals surface area contributed by atoms with Gasteiger partial charge < -0.3 is 23.7 Å². The van der Waals surface area contributed by atoms with Crippen LogP contribution < -0.4 is 0 Å². The lowest BCUT2D eigenvalue weighted by molar-refractivity contribution is -0.195. The summed E-state index contributed by atoms with van der Waals surface area (Å²) in [5.74, 6) is -3.48. The summed E-state index contributed by atoms with van der Waals surface area (Å²) in [6.07, 6.45) is -3.59. The number of carbonyl (C=O) groups excluding carboxylic acids is 5. The normalized spacial score (nSPS) is 24.1. The lowest BCUT2D eigenvalue weighted by atomic mass is 9.89. The van der Waals surface area contributed by atoms with Gasteiger partial charge >= 0.3 is 29.8 Å². The summed E-state index contributed by atoms with van der Waals surface area (Å²) < 4.78 is 25.6. The second kappa shape index (κ2) is 9.70. The van der Waals surface area contributed by atoms with Gasteiger partial charge in [0.25, 0.3) is 0 Å². The Morgan fingerprint density at radius 1 is 0.704 bits per heavy atom. The van der Waals surface area contributed by atoms with Crippen LogP contribution in [0.3, 0.4) is 0 Å². The van der Waals surface area contributed by atoms with Crippen molar-refractivity contribution in [3.05, 3.63) is 11.6 Å². The third-order valence-electron chi connectivity index (χ3n) is 3.33. The SMILES string of the molecule is CC(=O)OCC1=C[C@@H](OC(C)=O)[C@H](OC(C)=O)[C@@H](OC(C)=O)[C@@H]1OC(C)=O. The molecule has 10 heteroatoms. The van der Waals surface area contributed by atoms with Crippen LogP contribution in [0.15, 0.2) is 11.6 Å². The van der Waals surface area contributed by atoms with Gasteiger partial charge in [0.15, 0.2) is 24.4 Å². The number of ether oxygens (including phenoxy) is 5. The Bertz CT molecular complexity index is 650. The summed E-state index contributed by atoms with van der Waals surface area (Å²) in [7, 11) is 0. The predicted octanol–water partition coefficient (Wildman–Crippen LogP) is 0.216. The monoisotopic (exact) mass is 386 g/mol. The topological polar surface area (TPSA) is 132 Å². The molecule has 0 saturated carbocycles. The van der Waals surface area contributed by atoms with Gasteiger partial charge in [-0.05, 0) is 6.08 Å². The Kier molecular flexibility index (Phi) is 7.95. The van der Waals surface area contributed by atoms with Gasteiger partial charge in [-0.1, -0.05) is 0 Å². The molecule has 0 amide bonds. The number of esters is 5. The summed E-state index contributed by atoms with van der Waals surface area (Å²) in [5, 5.41) is 0. The van der Waals surface area contributed by atoms with Crippen LogP contribution in [0, 0.1) is 0 Å². The average Bonchev–Trinajstić information content (AvgIpc) is 2.49. The van der Waals surface area contributed by atoms with Gasteiger partial charge in [-0.2, -0.15) is 0 Å². The number of carbonyl (C=O) groups is 5. The Morgan fingerprint density at radius 2 is 1.19 bits per heavy atom. The molecule has 0 radical (unpaired) electrons. The highest BCUT2D eigenvalue weighted by Gasteiger charge is 2.48. The average molecular weight is 386 g/mol. The van der Waals surface area contributed by atoms with Crippen LogP contribution in [0.25, 0.3) is 0 Å². The van der Waals surface area contributed by atoms with Gasteiger partial charge in [0.2, 0.25) is 0 Å². The molecular weight excluding hydrogens is 364 g/mol. The number of rotatable bonds is 6. The van der Waals surface area contributed by atoms with E-state index in [1.165, 1.54) is 13.0 Å². The van der Waals surface area contributed by atoms with Gasteiger partial charge in [0.05, 0.1) is 0 Å². The Hall–Kier alpha value is -2.91. The molecule has 150 valence electrons. The van der Waals surface area contributed by atoms with Crippen LogP contribution >= 0.6 is 0 Å². The molecule has 0 aliphatic heterocycles. The molecule has 0 heterocycles. The van der Waals surface area contributed by atoms with Crippen molar-refractivity contribution in [2.75, 3.05) is 6.61 Å². The van der Waals surface area contributed by atoms with Crippen LogP contribution in [-0.2, 0) is 47.7 Å². The van der Waals surface area contributed by atoms with Crippen molar-refractivity contribution in [3.8, 4) is 0 Å². The molecule has 0 aromatic rings. The van der Waals surface area contributed by atoms with Crippen molar-refractivity contribution in [2.45, 2.75) is 59.0 Å². The quantitative estimate of drug-likeness (QED) is 0.355. The lowest BCUT2D eigenvalue weighted by Crippen LogP contribution is -2.55. The van der Waals surface area contributed by atoms with Gasteiger partial charge in [-0.3, -0.25) is 24.0 Å². The van der Waals surface area contributed by atoms with Gasteiger partial charge in [-0.15, -0.1) is 0 Å². The number of hydrogen-bond acceptors (Lipinski definition) is 10. The minimum atomic E-state index is -1.31. The second-order valence-electron chi connectivity index (χ2n) is 5.77. The van der Waals surface area contributed by atoms with E-state index in [0.717, 1.165) is 27.7 Å². The van der Waals surface area contributed by atoms with E-state index in [1.54, 1.807) is 0 Å². The largest absolute Gasteiger partial charge is 0.461 e. The molecule has 0 N–H and O–H groups in total. The molecule has 0 unspecified atom stereocenters. The molecule has 0 aromatic carbocycles. The third kappa shape index (κ3) is 7.08. The maximum atomic E-state index is 11.6. The molecule has 10 nitrogen and oxygen atoms in total. The first-order chi connectivity index (χ1) is 12.5. The molecule has 0 fully saturated rings. The van der Waals surface area contributed by atoms with Crippen molar-refractivity contribution in [3.63, 3.8) is 0 Å². The van der Waals surface area contributed by atoms with Crippen molar-refractivity contribution in [1.82, 2.24) is 0 Å². The van der Waals surface area contributed by atoms with Gasteiger partial charge in [0.1, 0.15) is 6.61 Å². The van der Waals surface area contributed by atoms with Crippen molar-refractivity contribution >= 4 is 29.8 Å². The van der Waals surface area contributed by atoms with Crippen LogP contribution in [0.1, 0.15) is 34.6 Å². The Morgan fingerprint density at radius 3 is 1.63 bits per heavy atom. The van der Waals surface area contributed by atoms with Crippen molar-refractivity contribution in [2.24, 2.45) is 0 Å². The second-order valence-corrected chi connectivity index (χ2v) is 5.77. The molecule has 1 aliphatic carbocycles. The predicted molar refractivity (Wildman–Crippen MR) is 86.9 cm³/mol. The maximum absolute atomic E-state index is 11.6. The zero-order valence-corrected chi connectivity index (χ0v) is 15.7. The van der Waals surface area contributed by atoms with Crippen LogP contribution in [0.5, 0.6) is 0 Å². The van der Waals surface area contributed by atoms with E-state index < -0.39 is 54.3 Å². The fourth-order valence-electron chi connectivity index (χ4n) is 2.55. The first-order valence-corrected chi connectivity index (χ1v) is 8.04. The van der Waals surface area contributed by atoms with E-state index in [4.69, 9.17) is 23.7 Å². The summed E-state index contributed by atoms with van der Waals surface area (Å²) in [6, 6.07) is 0. The minimum Gasteiger partial charge on any atom is -0.461 e. The fraction of sp³-hybridized carbons (Fsp3) is 0.588. The molecular formula is C17H22O10. The first kappa shape index (κ1) is 22.1. The third-order valence-corrected chi connectivity index (χ3v) is 3.33. The van der Waals surface area contributed by atoms with Gasteiger partial charge in [-0.25, -0.2) is 0 Å². The van der Waals surface area contributed by atoms with E-state index in [0.29, 0.717) is 0 Å². The fourth-order valence-corrected chi connectivity index (χ4v) is 2.55. The highest BCUT2D eigenvalue weighted by atomic mass is 16.6. The molecule has 0 saturated heterocycles. The Labute approximate surface area is 155 Å². The molecule has 27 heavy (non-hydrogen) atoms. The minimum absolute atomic E-state index is 0.210. The summed E-state index contributed by atoms with van der Waals surface area (Å²) >= 11 is 0. The molecule has 1 aliphatic rings. The van der Waals surface area contributed by atoms with E-state index in [1.807, 2.05) is 0 Å². The summed E-state index contributed by atoms with van der Waals surface area (Å²) in [5.41, 5.74) is 0.210.